The van der Waals surface area contributed by atoms with Gasteiger partial charge >= 0.3 is 0 Å². The summed E-state index contributed by atoms with van der Waals surface area (Å²) >= 11 is 1.58. The lowest BCUT2D eigenvalue weighted by atomic mass is 10.1. The first kappa shape index (κ1) is 17.0. The summed E-state index contributed by atoms with van der Waals surface area (Å²) in [4.78, 5) is 9.44. The monoisotopic (exact) mass is 348 g/mol. The molecule has 0 aliphatic carbocycles. The molecular formula is C20H20N4S. The second-order valence-electron chi connectivity index (χ2n) is 5.67. The smallest absolute Gasteiger partial charge is 0.206 e. The van der Waals surface area contributed by atoms with Crippen LogP contribution in [0.5, 0.6) is 0 Å². The van der Waals surface area contributed by atoms with Gasteiger partial charge in [-0.3, -0.25) is 9.98 Å². The van der Waals surface area contributed by atoms with Crippen molar-refractivity contribution < 1.29 is 0 Å². The Morgan fingerprint density at radius 3 is 2.68 bits per heavy atom. The van der Waals surface area contributed by atoms with E-state index in [1.807, 2.05) is 23.0 Å². The second kappa shape index (κ2) is 7.85. The summed E-state index contributed by atoms with van der Waals surface area (Å²) in [5.41, 5.74) is 5.70. The topological polar surface area (TPSA) is 42.5 Å². The summed E-state index contributed by atoms with van der Waals surface area (Å²) in [6, 6.07) is 10.3. The molecule has 0 aliphatic heterocycles. The summed E-state index contributed by atoms with van der Waals surface area (Å²) in [7, 11) is 0. The molecule has 0 aliphatic rings. The van der Waals surface area contributed by atoms with Crippen LogP contribution in [0.4, 0.5) is 0 Å². The number of aryl methyl sites for hydroxylation is 2. The maximum absolute atomic E-state index is 4.66. The number of nitrogens with zero attached hydrogens (tertiary/aromatic N) is 4. The molecule has 0 bridgehead atoms. The minimum Gasteiger partial charge on any atom is -0.265 e. The van der Waals surface area contributed by atoms with Crippen molar-refractivity contribution in [3.8, 4) is 11.3 Å². The molecule has 1 aromatic carbocycles. The Kier molecular flexibility index (Phi) is 5.36. The third kappa shape index (κ3) is 4.00. The lowest BCUT2D eigenvalue weighted by Crippen LogP contribution is -2.12. The number of hydrogen-bond donors (Lipinski definition) is 0. The molecule has 0 unspecified atom stereocenters. The summed E-state index contributed by atoms with van der Waals surface area (Å²) in [5, 5.41) is 6.76. The maximum Gasteiger partial charge on any atom is 0.206 e. The van der Waals surface area contributed by atoms with Crippen LogP contribution in [0, 0.1) is 13.8 Å². The zero-order valence-electron chi connectivity index (χ0n) is 14.4. The standard InChI is InChI=1S/C20H20N4S/c1-4-9-22-20-24(23-13-17-7-10-21-11-8-17)19(14-25-20)18-6-5-15(2)16(3)12-18/h4-8,10-14H,1,9H2,2-3H3. The summed E-state index contributed by atoms with van der Waals surface area (Å²) in [6.07, 6.45) is 7.12. The highest BCUT2D eigenvalue weighted by Crippen LogP contribution is 2.23. The van der Waals surface area contributed by atoms with Crippen molar-refractivity contribution >= 4 is 17.6 Å². The van der Waals surface area contributed by atoms with Gasteiger partial charge in [0.15, 0.2) is 0 Å². The minimum absolute atomic E-state index is 0.567. The van der Waals surface area contributed by atoms with E-state index in [0.717, 1.165) is 21.6 Å². The minimum atomic E-state index is 0.567. The molecule has 126 valence electrons. The Labute approximate surface area is 151 Å². The Hall–Kier alpha value is -2.79. The van der Waals surface area contributed by atoms with Gasteiger partial charge in [-0.15, -0.1) is 17.9 Å². The largest absolute Gasteiger partial charge is 0.265 e. The molecule has 0 N–H and O–H groups in total. The molecule has 2 heterocycles. The average Bonchev–Trinajstić information content (AvgIpc) is 3.04. The fraction of sp³-hybridized carbons (Fsp3) is 0.150. The molecule has 0 fully saturated rings. The van der Waals surface area contributed by atoms with Gasteiger partial charge in [-0.2, -0.15) is 5.10 Å². The maximum atomic E-state index is 4.66. The molecule has 0 amide bonds. The number of rotatable bonds is 5. The normalized spacial score (nSPS) is 12.0. The first-order chi connectivity index (χ1) is 12.2. The highest BCUT2D eigenvalue weighted by Gasteiger charge is 2.08. The van der Waals surface area contributed by atoms with E-state index in [0.29, 0.717) is 6.54 Å². The Bertz CT molecular complexity index is 965. The molecule has 5 heteroatoms. The molecule has 2 aromatic heterocycles. The van der Waals surface area contributed by atoms with Crippen molar-refractivity contribution in [3.05, 3.63) is 82.3 Å². The van der Waals surface area contributed by atoms with E-state index in [1.54, 1.807) is 29.8 Å². The van der Waals surface area contributed by atoms with Crippen LogP contribution in [-0.4, -0.2) is 22.4 Å². The van der Waals surface area contributed by atoms with Crippen LogP contribution in [-0.2, 0) is 0 Å². The molecule has 0 atom stereocenters. The number of hydrogen-bond acceptors (Lipinski definition) is 4. The molecule has 0 spiro atoms. The van der Waals surface area contributed by atoms with Crippen molar-refractivity contribution in [2.24, 2.45) is 10.1 Å². The molecule has 4 nitrogen and oxygen atoms in total. The molecule has 3 aromatic rings. The zero-order valence-corrected chi connectivity index (χ0v) is 15.2. The quantitative estimate of drug-likeness (QED) is 0.503. The van der Waals surface area contributed by atoms with Crippen LogP contribution in [0.25, 0.3) is 11.3 Å². The van der Waals surface area contributed by atoms with Gasteiger partial charge in [0.05, 0.1) is 18.5 Å². The molecule has 0 radical (unpaired) electrons. The fourth-order valence-corrected chi connectivity index (χ4v) is 3.18. The van der Waals surface area contributed by atoms with Gasteiger partial charge in [-0.25, -0.2) is 4.68 Å². The lowest BCUT2D eigenvalue weighted by molar-refractivity contribution is 0.840. The Balaban J connectivity index is 2.09. The molecular weight excluding hydrogens is 328 g/mol. The van der Waals surface area contributed by atoms with E-state index in [-0.39, 0.29) is 0 Å². The average molecular weight is 348 g/mol. The van der Waals surface area contributed by atoms with E-state index in [1.165, 1.54) is 11.1 Å². The highest BCUT2D eigenvalue weighted by molar-refractivity contribution is 7.07. The van der Waals surface area contributed by atoms with Crippen LogP contribution in [0.15, 0.2) is 70.9 Å². The third-order valence-corrected chi connectivity index (χ3v) is 4.73. The van der Waals surface area contributed by atoms with Gasteiger partial charge in [-0.1, -0.05) is 18.2 Å². The third-order valence-electron chi connectivity index (χ3n) is 3.87. The summed E-state index contributed by atoms with van der Waals surface area (Å²) < 4.78 is 1.89. The SMILES string of the molecule is C=CCN=c1scc(-c2ccc(C)c(C)c2)n1N=Cc1ccncc1. The van der Waals surface area contributed by atoms with Crippen LogP contribution in [0.1, 0.15) is 16.7 Å². The number of benzene rings is 1. The number of pyridine rings is 1. The van der Waals surface area contributed by atoms with Gasteiger partial charge in [0.1, 0.15) is 0 Å². The number of aromatic nitrogens is 2. The summed E-state index contributed by atoms with van der Waals surface area (Å²) in [5.74, 6) is 0. The van der Waals surface area contributed by atoms with Crippen molar-refractivity contribution in [1.29, 1.82) is 0 Å². The van der Waals surface area contributed by atoms with Crippen LogP contribution >= 0.6 is 11.3 Å². The highest BCUT2D eigenvalue weighted by atomic mass is 32.1. The van der Waals surface area contributed by atoms with Gasteiger partial charge < -0.3 is 0 Å². The predicted molar refractivity (Wildman–Crippen MR) is 105 cm³/mol. The first-order valence-corrected chi connectivity index (χ1v) is 8.91. The molecule has 0 saturated heterocycles. The van der Waals surface area contributed by atoms with E-state index in [9.17, 15) is 0 Å². The van der Waals surface area contributed by atoms with Gasteiger partial charge in [0.2, 0.25) is 4.80 Å². The molecule has 25 heavy (non-hydrogen) atoms. The lowest BCUT2D eigenvalue weighted by Gasteiger charge is -2.06. The Morgan fingerprint density at radius 1 is 1.16 bits per heavy atom. The van der Waals surface area contributed by atoms with E-state index in [4.69, 9.17) is 0 Å². The van der Waals surface area contributed by atoms with Crippen molar-refractivity contribution in [2.75, 3.05) is 6.54 Å². The van der Waals surface area contributed by atoms with E-state index >= 15 is 0 Å². The van der Waals surface area contributed by atoms with Crippen molar-refractivity contribution in [1.82, 2.24) is 9.66 Å². The molecule has 3 rings (SSSR count). The summed E-state index contributed by atoms with van der Waals surface area (Å²) in [6.45, 7) is 8.55. The van der Waals surface area contributed by atoms with Gasteiger partial charge in [-0.05, 0) is 48.7 Å². The molecule has 0 saturated carbocycles. The van der Waals surface area contributed by atoms with Crippen LogP contribution in [0.3, 0.4) is 0 Å². The van der Waals surface area contributed by atoms with E-state index in [2.05, 4.69) is 59.1 Å². The second-order valence-corrected chi connectivity index (χ2v) is 6.51. The van der Waals surface area contributed by atoms with Gasteiger partial charge in [0, 0.05) is 23.3 Å². The van der Waals surface area contributed by atoms with Crippen molar-refractivity contribution in [3.63, 3.8) is 0 Å². The van der Waals surface area contributed by atoms with E-state index < -0.39 is 0 Å². The first-order valence-electron chi connectivity index (χ1n) is 8.03. The zero-order chi connectivity index (χ0) is 17.6. The van der Waals surface area contributed by atoms with Gasteiger partial charge in [0.25, 0.3) is 0 Å². The van der Waals surface area contributed by atoms with Crippen molar-refractivity contribution in [2.45, 2.75) is 13.8 Å². The van der Waals surface area contributed by atoms with Crippen LogP contribution < -0.4 is 4.80 Å². The predicted octanol–water partition coefficient (Wildman–Crippen LogP) is 4.20. The fourth-order valence-electron chi connectivity index (χ4n) is 2.33. The van der Waals surface area contributed by atoms with Crippen LogP contribution in [0.2, 0.25) is 0 Å². The Morgan fingerprint density at radius 2 is 1.96 bits per heavy atom. The number of thiazole rings is 1.